The minimum absolute atomic E-state index is 0.0573. The Morgan fingerprint density at radius 3 is 3.00 bits per heavy atom. The van der Waals surface area contributed by atoms with Crippen LogP contribution < -0.4 is 5.56 Å². The molecule has 0 saturated carbocycles. The maximum Gasteiger partial charge on any atom is 0.254 e. The van der Waals surface area contributed by atoms with Gasteiger partial charge in [0, 0.05) is 5.56 Å². The fourth-order valence-electron chi connectivity index (χ4n) is 1.80. The molecule has 1 aliphatic rings. The number of nitrogens with zero attached hydrogens (tertiary/aromatic N) is 1. The Morgan fingerprint density at radius 2 is 2.25 bits per heavy atom. The van der Waals surface area contributed by atoms with Gasteiger partial charge in [0.2, 0.25) is 0 Å². The van der Waals surface area contributed by atoms with Gasteiger partial charge in [-0.15, -0.1) is 0 Å². The number of rotatable bonds is 0. The van der Waals surface area contributed by atoms with E-state index in [9.17, 15) is 4.79 Å². The molecule has 2 rings (SSSR count). The van der Waals surface area contributed by atoms with E-state index in [1.165, 1.54) is 0 Å². The normalized spacial score (nSPS) is 21.0. The molecule has 0 aromatic carbocycles. The Kier molecular flexibility index (Phi) is 1.53. The number of fused-ring (bicyclic) bond motifs is 1. The molecule has 1 aliphatic carbocycles. The summed E-state index contributed by atoms with van der Waals surface area (Å²) in [7, 11) is 0. The molecule has 0 amide bonds. The predicted octanol–water partition coefficient (Wildman–Crippen LogP) is 0.813. The molecule has 0 radical (unpaired) electrons. The molecule has 0 bridgehead atoms. The zero-order chi connectivity index (χ0) is 8.72. The van der Waals surface area contributed by atoms with Crippen LogP contribution in [0.2, 0.25) is 0 Å². The third-order valence-electron chi connectivity index (χ3n) is 2.31. The van der Waals surface area contributed by atoms with E-state index in [-0.39, 0.29) is 5.56 Å². The summed E-state index contributed by atoms with van der Waals surface area (Å²) in [6, 6.07) is 0. The summed E-state index contributed by atoms with van der Waals surface area (Å²) in [6.45, 7) is 3.97. The maximum absolute atomic E-state index is 11.4. The lowest BCUT2D eigenvalue weighted by Crippen LogP contribution is -2.15. The molecule has 12 heavy (non-hydrogen) atoms. The molecule has 1 aromatic heterocycles. The summed E-state index contributed by atoms with van der Waals surface area (Å²) in [5.74, 6) is 1.31. The molecule has 64 valence electrons. The summed E-state index contributed by atoms with van der Waals surface area (Å²) in [5.41, 5.74) is 1.96. The van der Waals surface area contributed by atoms with Gasteiger partial charge >= 0.3 is 0 Å². The SMILES string of the molecule is Cc1nc2c(c(=O)[nH]1)C[C@@H](C)C2. The first kappa shape index (κ1) is 7.53. The number of aromatic amines is 1. The molecule has 1 atom stereocenters. The summed E-state index contributed by atoms with van der Waals surface area (Å²) in [4.78, 5) is 18.4. The second-order valence-electron chi connectivity index (χ2n) is 3.59. The van der Waals surface area contributed by atoms with Crippen LogP contribution in [0.4, 0.5) is 0 Å². The highest BCUT2D eigenvalue weighted by molar-refractivity contribution is 5.23. The second kappa shape index (κ2) is 2.44. The van der Waals surface area contributed by atoms with Crippen molar-refractivity contribution < 1.29 is 0 Å². The van der Waals surface area contributed by atoms with Crippen LogP contribution in [0, 0.1) is 12.8 Å². The molecule has 1 aromatic rings. The van der Waals surface area contributed by atoms with Crippen molar-refractivity contribution in [3.05, 3.63) is 27.4 Å². The van der Waals surface area contributed by atoms with Crippen molar-refractivity contribution in [2.45, 2.75) is 26.7 Å². The van der Waals surface area contributed by atoms with Gasteiger partial charge in [0.25, 0.3) is 5.56 Å². The van der Waals surface area contributed by atoms with Crippen LogP contribution in [0.3, 0.4) is 0 Å². The van der Waals surface area contributed by atoms with Gasteiger partial charge in [-0.05, 0) is 25.7 Å². The van der Waals surface area contributed by atoms with Gasteiger partial charge in [-0.3, -0.25) is 4.79 Å². The number of H-pyrrole nitrogens is 1. The number of aryl methyl sites for hydroxylation is 1. The van der Waals surface area contributed by atoms with Gasteiger partial charge in [0.15, 0.2) is 0 Å². The Balaban J connectivity index is 2.60. The van der Waals surface area contributed by atoms with Crippen molar-refractivity contribution in [2.24, 2.45) is 5.92 Å². The molecule has 1 N–H and O–H groups in total. The van der Waals surface area contributed by atoms with Crippen molar-refractivity contribution >= 4 is 0 Å². The number of aromatic nitrogens is 2. The summed E-state index contributed by atoms with van der Waals surface area (Å²) in [6.07, 6.45) is 1.85. The molecule has 0 fully saturated rings. The van der Waals surface area contributed by atoms with Crippen LogP contribution in [-0.4, -0.2) is 9.97 Å². The van der Waals surface area contributed by atoms with E-state index in [0.717, 1.165) is 29.9 Å². The van der Waals surface area contributed by atoms with Gasteiger partial charge < -0.3 is 4.98 Å². The van der Waals surface area contributed by atoms with E-state index < -0.39 is 0 Å². The first-order valence-corrected chi connectivity index (χ1v) is 4.25. The molecule has 1 heterocycles. The van der Waals surface area contributed by atoms with Crippen LogP contribution in [0.25, 0.3) is 0 Å². The van der Waals surface area contributed by atoms with Gasteiger partial charge in [-0.25, -0.2) is 4.98 Å². The molecule has 0 aliphatic heterocycles. The van der Waals surface area contributed by atoms with E-state index in [1.807, 2.05) is 6.92 Å². The molecule has 3 nitrogen and oxygen atoms in total. The third-order valence-corrected chi connectivity index (χ3v) is 2.31. The number of hydrogen-bond acceptors (Lipinski definition) is 2. The van der Waals surface area contributed by atoms with Crippen LogP contribution in [0.1, 0.15) is 24.0 Å². The van der Waals surface area contributed by atoms with Gasteiger partial charge in [0.05, 0.1) is 5.69 Å². The minimum Gasteiger partial charge on any atom is -0.311 e. The highest BCUT2D eigenvalue weighted by Crippen LogP contribution is 2.21. The van der Waals surface area contributed by atoms with Gasteiger partial charge in [-0.1, -0.05) is 6.92 Å². The standard InChI is InChI=1S/C9H12N2O/c1-5-3-7-8(4-5)10-6(2)11-9(7)12/h5H,3-4H2,1-2H3,(H,10,11,12)/t5-/m1/s1. The van der Waals surface area contributed by atoms with Crippen molar-refractivity contribution in [2.75, 3.05) is 0 Å². The lowest BCUT2D eigenvalue weighted by molar-refractivity contribution is 0.623. The van der Waals surface area contributed by atoms with E-state index >= 15 is 0 Å². The average molecular weight is 164 g/mol. The number of hydrogen-bond donors (Lipinski definition) is 1. The van der Waals surface area contributed by atoms with Crippen LogP contribution >= 0.6 is 0 Å². The summed E-state index contributed by atoms with van der Waals surface area (Å²) < 4.78 is 0. The first-order chi connectivity index (χ1) is 5.66. The maximum atomic E-state index is 11.4. The monoisotopic (exact) mass is 164 g/mol. The second-order valence-corrected chi connectivity index (χ2v) is 3.59. The smallest absolute Gasteiger partial charge is 0.254 e. The minimum atomic E-state index is 0.0573. The van der Waals surface area contributed by atoms with E-state index in [1.54, 1.807) is 0 Å². The lowest BCUT2D eigenvalue weighted by Gasteiger charge is -1.97. The van der Waals surface area contributed by atoms with Gasteiger partial charge in [-0.2, -0.15) is 0 Å². The Morgan fingerprint density at radius 1 is 1.50 bits per heavy atom. The molecule has 0 spiro atoms. The molecular formula is C9H12N2O. The quantitative estimate of drug-likeness (QED) is 0.616. The summed E-state index contributed by atoms with van der Waals surface area (Å²) >= 11 is 0. The average Bonchev–Trinajstić information content (AvgIpc) is 2.29. The number of nitrogens with one attached hydrogen (secondary N) is 1. The fourth-order valence-corrected chi connectivity index (χ4v) is 1.80. The van der Waals surface area contributed by atoms with Gasteiger partial charge in [0.1, 0.15) is 5.82 Å². The zero-order valence-electron chi connectivity index (χ0n) is 7.35. The molecule has 3 heteroatoms. The fraction of sp³-hybridized carbons (Fsp3) is 0.556. The lowest BCUT2D eigenvalue weighted by atomic mass is 10.1. The topological polar surface area (TPSA) is 45.8 Å². The summed E-state index contributed by atoms with van der Waals surface area (Å²) in [5, 5.41) is 0. The molecule has 0 unspecified atom stereocenters. The van der Waals surface area contributed by atoms with Crippen LogP contribution in [-0.2, 0) is 12.8 Å². The van der Waals surface area contributed by atoms with Crippen molar-refractivity contribution in [1.29, 1.82) is 0 Å². The Bertz CT molecular complexity index is 367. The first-order valence-electron chi connectivity index (χ1n) is 4.25. The van der Waals surface area contributed by atoms with E-state index in [2.05, 4.69) is 16.9 Å². The van der Waals surface area contributed by atoms with Crippen molar-refractivity contribution in [1.82, 2.24) is 9.97 Å². The van der Waals surface area contributed by atoms with E-state index in [0.29, 0.717) is 5.92 Å². The highest BCUT2D eigenvalue weighted by Gasteiger charge is 2.21. The Hall–Kier alpha value is -1.12. The van der Waals surface area contributed by atoms with Crippen LogP contribution in [0.15, 0.2) is 4.79 Å². The van der Waals surface area contributed by atoms with E-state index in [4.69, 9.17) is 0 Å². The predicted molar refractivity (Wildman–Crippen MR) is 46.2 cm³/mol. The molecule has 0 saturated heterocycles. The highest BCUT2D eigenvalue weighted by atomic mass is 16.1. The van der Waals surface area contributed by atoms with Crippen LogP contribution in [0.5, 0.6) is 0 Å². The molecular weight excluding hydrogens is 152 g/mol. The van der Waals surface area contributed by atoms with Crippen molar-refractivity contribution in [3.8, 4) is 0 Å². The largest absolute Gasteiger partial charge is 0.311 e. The van der Waals surface area contributed by atoms with Crippen molar-refractivity contribution in [3.63, 3.8) is 0 Å². The zero-order valence-corrected chi connectivity index (χ0v) is 7.35. The Labute approximate surface area is 70.9 Å². The third kappa shape index (κ3) is 1.05.